The predicted octanol–water partition coefficient (Wildman–Crippen LogP) is 0.822. The van der Waals surface area contributed by atoms with Crippen molar-refractivity contribution in [2.75, 3.05) is 20.6 Å². The topological polar surface area (TPSA) is 57.5 Å². The van der Waals surface area contributed by atoms with Gasteiger partial charge in [0.1, 0.15) is 0 Å². The van der Waals surface area contributed by atoms with Crippen molar-refractivity contribution in [1.82, 2.24) is 0 Å². The summed E-state index contributed by atoms with van der Waals surface area (Å²) in [6.45, 7) is 5.80. The van der Waals surface area contributed by atoms with Crippen LogP contribution in [0.3, 0.4) is 0 Å². The first kappa shape index (κ1) is 13.1. The van der Waals surface area contributed by atoms with Gasteiger partial charge in [0.15, 0.2) is 0 Å². The van der Waals surface area contributed by atoms with Crippen LogP contribution in [0.4, 0.5) is 0 Å². The molecule has 1 atom stereocenters. The third kappa shape index (κ3) is 2.33. The molecule has 0 amide bonds. The number of hydrogen-bond acceptors (Lipinski definition) is 2. The van der Waals surface area contributed by atoms with Gasteiger partial charge in [-0.05, 0) is 0 Å². The maximum Gasteiger partial charge on any atom is 0.395 e. The van der Waals surface area contributed by atoms with Gasteiger partial charge in [0.2, 0.25) is 0 Å². The first-order chi connectivity index (χ1) is 6.31. The maximum absolute atomic E-state index is 11.0. The van der Waals surface area contributed by atoms with E-state index in [2.05, 4.69) is 6.58 Å². The Bertz CT molecular complexity index is 225. The second-order valence-electron chi connectivity index (χ2n) is 3.96. The lowest BCUT2D eigenvalue weighted by atomic mass is 10.1. The monoisotopic (exact) mass is 202 g/mol. The van der Waals surface area contributed by atoms with Crippen LogP contribution in [0, 0.1) is 0 Å². The lowest BCUT2D eigenvalue weighted by Crippen LogP contribution is -2.64. The molecule has 0 spiro atoms. The minimum atomic E-state index is -1.71. The largest absolute Gasteiger partial charge is 0.475 e. The Morgan fingerprint density at radius 1 is 1.57 bits per heavy atom. The fraction of sp³-hybridized carbons (Fsp3) is 0.700. The van der Waals surface area contributed by atoms with E-state index >= 15 is 0 Å². The first-order valence-corrected chi connectivity index (χ1v) is 4.71. The van der Waals surface area contributed by atoms with Crippen LogP contribution in [0.15, 0.2) is 12.7 Å². The van der Waals surface area contributed by atoms with Crippen LogP contribution >= 0.6 is 0 Å². The number of carboxylic acid groups (broad SMARTS) is 1. The molecule has 0 aliphatic carbocycles. The Morgan fingerprint density at radius 2 is 2.07 bits per heavy atom. The minimum absolute atomic E-state index is 0.0465. The van der Waals surface area contributed by atoms with E-state index in [0.717, 1.165) is 0 Å². The number of aliphatic hydroxyl groups is 1. The zero-order chi connectivity index (χ0) is 11.4. The minimum Gasteiger partial charge on any atom is -0.475 e. The summed E-state index contributed by atoms with van der Waals surface area (Å²) in [5, 5.41) is 19.0. The van der Waals surface area contributed by atoms with Crippen molar-refractivity contribution in [2.24, 2.45) is 0 Å². The average molecular weight is 202 g/mol. The van der Waals surface area contributed by atoms with E-state index in [4.69, 9.17) is 5.11 Å². The van der Waals surface area contributed by atoms with E-state index in [1.54, 1.807) is 27.1 Å². The van der Waals surface area contributed by atoms with E-state index in [-0.39, 0.29) is 10.9 Å². The van der Waals surface area contributed by atoms with Gasteiger partial charge in [-0.3, -0.25) is 4.48 Å². The molecule has 0 rings (SSSR count). The number of nitrogens with zero attached hydrogens (tertiary/aromatic N) is 1. The summed E-state index contributed by atoms with van der Waals surface area (Å²) in [5.74, 6) is -1.17. The average Bonchev–Trinajstić information content (AvgIpc) is 2.12. The van der Waals surface area contributed by atoms with E-state index in [0.29, 0.717) is 13.0 Å². The van der Waals surface area contributed by atoms with Gasteiger partial charge >= 0.3 is 5.97 Å². The molecule has 0 aliphatic heterocycles. The lowest BCUT2D eigenvalue weighted by Gasteiger charge is -2.41. The molecular formula is C10H20NO3+. The zero-order valence-electron chi connectivity index (χ0n) is 9.16. The number of likely N-dealkylation sites (N-methyl/N-ethyl adjacent to an activating group) is 1. The van der Waals surface area contributed by atoms with Crippen molar-refractivity contribution in [3.05, 3.63) is 12.7 Å². The number of carboxylic acids is 1. The quantitative estimate of drug-likeness (QED) is 0.381. The van der Waals surface area contributed by atoms with E-state index in [9.17, 15) is 9.90 Å². The number of hydrogen-bond donors (Lipinski definition) is 2. The SMILES string of the molecule is C=CCC[N+](C)(C)C(O)(CC)C(=O)O. The second-order valence-corrected chi connectivity index (χ2v) is 3.96. The van der Waals surface area contributed by atoms with Gasteiger partial charge in [-0.25, -0.2) is 4.79 Å². The number of rotatable bonds is 6. The van der Waals surface area contributed by atoms with Crippen molar-refractivity contribution < 1.29 is 19.5 Å². The van der Waals surface area contributed by atoms with Gasteiger partial charge in [-0.1, -0.05) is 13.0 Å². The van der Waals surface area contributed by atoms with Gasteiger partial charge in [-0.15, -0.1) is 6.58 Å². The third-order valence-corrected chi connectivity index (χ3v) is 2.73. The summed E-state index contributed by atoms with van der Waals surface area (Å²) < 4.78 is 0.0465. The van der Waals surface area contributed by atoms with Gasteiger partial charge < -0.3 is 10.2 Å². The molecule has 2 N–H and O–H groups in total. The molecule has 0 aromatic heterocycles. The van der Waals surface area contributed by atoms with Crippen molar-refractivity contribution >= 4 is 5.97 Å². The lowest BCUT2D eigenvalue weighted by molar-refractivity contribution is -0.956. The molecule has 0 radical (unpaired) electrons. The highest BCUT2D eigenvalue weighted by atomic mass is 16.4. The number of quaternary nitrogens is 1. The van der Waals surface area contributed by atoms with Crippen molar-refractivity contribution in [2.45, 2.75) is 25.5 Å². The molecule has 4 heteroatoms. The van der Waals surface area contributed by atoms with Crippen molar-refractivity contribution in [3.63, 3.8) is 0 Å². The molecule has 0 heterocycles. The standard InChI is InChI=1S/C10H19NO3/c1-5-7-8-11(3,4)10(14,6-2)9(12)13/h5,14H,1,6-8H2,2-4H3/p+1. The molecule has 82 valence electrons. The summed E-state index contributed by atoms with van der Waals surface area (Å²) in [7, 11) is 3.42. The zero-order valence-corrected chi connectivity index (χ0v) is 9.16. The second kappa shape index (κ2) is 4.57. The summed E-state index contributed by atoms with van der Waals surface area (Å²) >= 11 is 0. The van der Waals surface area contributed by atoms with Crippen molar-refractivity contribution in [1.29, 1.82) is 0 Å². The van der Waals surface area contributed by atoms with Crippen LogP contribution < -0.4 is 0 Å². The molecular weight excluding hydrogens is 182 g/mol. The Labute approximate surface area is 85.1 Å². The Hall–Kier alpha value is -0.870. The summed E-state index contributed by atoms with van der Waals surface area (Å²) in [6.07, 6.45) is 2.59. The van der Waals surface area contributed by atoms with Crippen LogP contribution in [0.2, 0.25) is 0 Å². The van der Waals surface area contributed by atoms with Crippen LogP contribution in [0.1, 0.15) is 19.8 Å². The van der Waals surface area contributed by atoms with Gasteiger partial charge in [-0.2, -0.15) is 0 Å². The third-order valence-electron chi connectivity index (χ3n) is 2.73. The molecule has 14 heavy (non-hydrogen) atoms. The van der Waals surface area contributed by atoms with Crippen LogP contribution in [-0.4, -0.2) is 47.0 Å². The van der Waals surface area contributed by atoms with Crippen molar-refractivity contribution in [3.8, 4) is 0 Å². The molecule has 0 saturated heterocycles. The Balaban J connectivity index is 4.80. The van der Waals surface area contributed by atoms with Gasteiger partial charge in [0, 0.05) is 12.8 Å². The first-order valence-electron chi connectivity index (χ1n) is 4.71. The summed E-state index contributed by atoms with van der Waals surface area (Å²) in [6, 6.07) is 0. The normalized spacial score (nSPS) is 16.0. The van der Waals surface area contributed by atoms with Crippen LogP contribution in [-0.2, 0) is 4.79 Å². The molecule has 0 aliphatic rings. The highest BCUT2D eigenvalue weighted by Crippen LogP contribution is 2.22. The number of aliphatic carboxylic acids is 1. The van der Waals surface area contributed by atoms with Gasteiger partial charge in [0.05, 0.1) is 20.6 Å². The molecule has 0 aromatic carbocycles. The predicted molar refractivity (Wildman–Crippen MR) is 54.7 cm³/mol. The molecule has 0 aromatic rings. The van der Waals surface area contributed by atoms with Gasteiger partial charge in [0.25, 0.3) is 5.72 Å². The fourth-order valence-corrected chi connectivity index (χ4v) is 1.44. The van der Waals surface area contributed by atoms with E-state index < -0.39 is 11.7 Å². The molecule has 0 bridgehead atoms. The van der Waals surface area contributed by atoms with E-state index in [1.807, 2.05) is 0 Å². The summed E-state index contributed by atoms with van der Waals surface area (Å²) in [4.78, 5) is 11.0. The molecule has 0 saturated carbocycles. The number of carbonyl (C=O) groups is 1. The molecule has 0 fully saturated rings. The maximum atomic E-state index is 11.0. The Morgan fingerprint density at radius 3 is 2.36 bits per heavy atom. The smallest absolute Gasteiger partial charge is 0.395 e. The summed E-state index contributed by atoms with van der Waals surface area (Å²) in [5.41, 5.74) is -1.71. The Kier molecular flexibility index (Phi) is 4.29. The van der Waals surface area contributed by atoms with Crippen LogP contribution in [0.5, 0.6) is 0 Å². The molecule has 4 nitrogen and oxygen atoms in total. The van der Waals surface area contributed by atoms with E-state index in [1.165, 1.54) is 0 Å². The molecule has 1 unspecified atom stereocenters. The van der Waals surface area contributed by atoms with Crippen LogP contribution in [0.25, 0.3) is 0 Å². The highest BCUT2D eigenvalue weighted by Gasteiger charge is 2.49. The highest BCUT2D eigenvalue weighted by molar-refractivity contribution is 5.74. The fourth-order valence-electron chi connectivity index (χ4n) is 1.44.